The zero-order valence-corrected chi connectivity index (χ0v) is 13.5. The van der Waals surface area contributed by atoms with Crippen molar-refractivity contribution >= 4 is 23.2 Å². The molecule has 2 rings (SSSR count). The Kier molecular flexibility index (Phi) is 5.37. The van der Waals surface area contributed by atoms with Crippen LogP contribution in [-0.2, 0) is 0 Å². The van der Waals surface area contributed by atoms with Crippen molar-refractivity contribution in [1.29, 1.82) is 0 Å². The van der Waals surface area contributed by atoms with Crippen LogP contribution in [0.5, 0.6) is 0 Å². The number of nitro groups is 1. The van der Waals surface area contributed by atoms with Gasteiger partial charge in [-0.25, -0.2) is 0 Å². The lowest BCUT2D eigenvalue weighted by Crippen LogP contribution is -2.49. The van der Waals surface area contributed by atoms with Crippen LogP contribution in [-0.4, -0.2) is 53.4 Å². The summed E-state index contributed by atoms with van der Waals surface area (Å²) in [6.45, 7) is 8.06. The number of carbonyl (C=O) groups excluding carboxylic acids is 1. The first-order valence-electron chi connectivity index (χ1n) is 7.34. The fourth-order valence-corrected chi connectivity index (χ4v) is 2.83. The van der Waals surface area contributed by atoms with Gasteiger partial charge >= 0.3 is 0 Å². The summed E-state index contributed by atoms with van der Waals surface area (Å²) in [5.41, 5.74) is -0.131. The molecule has 0 saturated carbocycles. The number of amides is 1. The third kappa shape index (κ3) is 3.96. The smallest absolute Gasteiger partial charge is 0.282 e. The largest absolute Gasteiger partial charge is 0.336 e. The molecule has 0 aliphatic carbocycles. The maximum absolute atomic E-state index is 12.6. The summed E-state index contributed by atoms with van der Waals surface area (Å²) in [5, 5.41) is 11.4. The monoisotopic (exact) mass is 325 g/mol. The molecule has 1 heterocycles. The zero-order valence-electron chi connectivity index (χ0n) is 12.8. The molecule has 7 heteroatoms. The Bertz CT molecular complexity index is 569. The highest BCUT2D eigenvalue weighted by Gasteiger charge is 2.27. The Labute approximate surface area is 134 Å². The van der Waals surface area contributed by atoms with E-state index in [1.54, 1.807) is 4.90 Å². The summed E-state index contributed by atoms with van der Waals surface area (Å²) >= 11 is 5.88. The van der Waals surface area contributed by atoms with E-state index < -0.39 is 4.92 Å². The maximum Gasteiger partial charge on any atom is 0.282 e. The summed E-state index contributed by atoms with van der Waals surface area (Å²) in [5.74, 6) is 0.259. The SMILES string of the molecule is CC(C)CN1CCN(C(=O)c2cc(Cl)ccc2[N+](=O)[O-])CC1. The molecular formula is C15H20ClN3O3. The molecule has 1 aromatic rings. The number of carbonyl (C=O) groups is 1. The highest BCUT2D eigenvalue weighted by molar-refractivity contribution is 6.31. The first-order valence-corrected chi connectivity index (χ1v) is 7.72. The van der Waals surface area contributed by atoms with E-state index in [9.17, 15) is 14.9 Å². The molecule has 1 aliphatic rings. The van der Waals surface area contributed by atoms with Gasteiger partial charge in [-0.1, -0.05) is 25.4 Å². The Balaban J connectivity index is 2.10. The average molecular weight is 326 g/mol. The van der Waals surface area contributed by atoms with Gasteiger partial charge in [0.2, 0.25) is 0 Å². The molecule has 0 unspecified atom stereocenters. The van der Waals surface area contributed by atoms with Crippen LogP contribution in [0.2, 0.25) is 5.02 Å². The first kappa shape index (κ1) is 16.7. The van der Waals surface area contributed by atoms with Crippen molar-refractivity contribution in [3.05, 3.63) is 38.9 Å². The molecule has 1 fully saturated rings. The van der Waals surface area contributed by atoms with Crippen molar-refractivity contribution in [3.63, 3.8) is 0 Å². The highest BCUT2D eigenvalue weighted by Crippen LogP contribution is 2.24. The van der Waals surface area contributed by atoms with Gasteiger partial charge in [-0.05, 0) is 18.1 Å². The van der Waals surface area contributed by atoms with Crippen LogP contribution in [0.1, 0.15) is 24.2 Å². The second-order valence-corrected chi connectivity index (χ2v) is 6.34. The quantitative estimate of drug-likeness (QED) is 0.630. The van der Waals surface area contributed by atoms with Gasteiger partial charge in [0, 0.05) is 43.8 Å². The normalized spacial score (nSPS) is 16.1. The second-order valence-electron chi connectivity index (χ2n) is 5.91. The van der Waals surface area contributed by atoms with E-state index in [1.165, 1.54) is 18.2 Å². The summed E-state index contributed by atoms with van der Waals surface area (Å²) in [6, 6.07) is 4.09. The molecule has 0 spiro atoms. The van der Waals surface area contributed by atoms with Gasteiger partial charge in [-0.2, -0.15) is 0 Å². The van der Waals surface area contributed by atoms with E-state index in [0.29, 0.717) is 24.0 Å². The molecule has 1 amide bonds. The average Bonchev–Trinajstić information content (AvgIpc) is 2.46. The van der Waals surface area contributed by atoms with Crippen LogP contribution < -0.4 is 0 Å². The lowest BCUT2D eigenvalue weighted by Gasteiger charge is -2.35. The van der Waals surface area contributed by atoms with Gasteiger partial charge < -0.3 is 4.90 Å². The number of benzene rings is 1. The molecule has 1 aliphatic heterocycles. The second kappa shape index (κ2) is 7.07. The van der Waals surface area contributed by atoms with Crippen molar-refractivity contribution in [2.24, 2.45) is 5.92 Å². The van der Waals surface area contributed by atoms with E-state index in [1.807, 2.05) is 0 Å². The van der Waals surface area contributed by atoms with Gasteiger partial charge in [0.15, 0.2) is 0 Å². The predicted molar refractivity (Wildman–Crippen MR) is 85.3 cm³/mol. The third-order valence-corrected chi connectivity index (χ3v) is 3.90. The lowest BCUT2D eigenvalue weighted by molar-refractivity contribution is -0.385. The van der Waals surface area contributed by atoms with Crippen LogP contribution in [0.3, 0.4) is 0 Å². The van der Waals surface area contributed by atoms with Crippen LogP contribution in [0, 0.1) is 16.0 Å². The molecule has 22 heavy (non-hydrogen) atoms. The van der Waals surface area contributed by atoms with E-state index in [0.717, 1.165) is 19.6 Å². The van der Waals surface area contributed by atoms with Gasteiger partial charge in [0.05, 0.1) is 4.92 Å². The molecule has 0 aromatic heterocycles. The summed E-state index contributed by atoms with van der Waals surface area (Å²) in [7, 11) is 0. The van der Waals surface area contributed by atoms with E-state index in [4.69, 9.17) is 11.6 Å². The Morgan fingerprint density at radius 1 is 1.32 bits per heavy atom. The molecule has 1 aromatic carbocycles. The highest BCUT2D eigenvalue weighted by atomic mass is 35.5. The summed E-state index contributed by atoms with van der Waals surface area (Å²) < 4.78 is 0. The van der Waals surface area contributed by atoms with E-state index in [2.05, 4.69) is 18.7 Å². The van der Waals surface area contributed by atoms with Gasteiger partial charge in [-0.3, -0.25) is 19.8 Å². The van der Waals surface area contributed by atoms with Crippen molar-refractivity contribution in [2.45, 2.75) is 13.8 Å². The van der Waals surface area contributed by atoms with Crippen LogP contribution in [0.25, 0.3) is 0 Å². The first-order chi connectivity index (χ1) is 10.4. The van der Waals surface area contributed by atoms with Crippen LogP contribution in [0.15, 0.2) is 18.2 Å². The van der Waals surface area contributed by atoms with Crippen molar-refractivity contribution in [1.82, 2.24) is 9.80 Å². The van der Waals surface area contributed by atoms with E-state index in [-0.39, 0.29) is 17.2 Å². The molecular weight excluding hydrogens is 306 g/mol. The zero-order chi connectivity index (χ0) is 16.3. The van der Waals surface area contributed by atoms with Gasteiger partial charge in [0.1, 0.15) is 5.56 Å². The Morgan fingerprint density at radius 3 is 2.50 bits per heavy atom. The number of piperazine rings is 1. The topological polar surface area (TPSA) is 66.7 Å². The minimum Gasteiger partial charge on any atom is -0.336 e. The molecule has 6 nitrogen and oxygen atoms in total. The standard InChI is InChI=1S/C15H20ClN3O3/c1-11(2)10-17-5-7-18(8-6-17)15(20)13-9-12(16)3-4-14(13)19(21)22/h3-4,9,11H,5-8,10H2,1-2H3. The lowest BCUT2D eigenvalue weighted by atomic mass is 10.1. The van der Waals surface area contributed by atoms with Crippen molar-refractivity contribution < 1.29 is 9.72 Å². The molecule has 120 valence electrons. The van der Waals surface area contributed by atoms with E-state index >= 15 is 0 Å². The number of nitro benzene ring substituents is 1. The van der Waals surface area contributed by atoms with Crippen molar-refractivity contribution in [2.75, 3.05) is 32.7 Å². The van der Waals surface area contributed by atoms with Crippen molar-refractivity contribution in [3.8, 4) is 0 Å². The summed E-state index contributed by atoms with van der Waals surface area (Å²) in [6.07, 6.45) is 0. The minimum atomic E-state index is -0.543. The number of nitrogens with zero attached hydrogens (tertiary/aromatic N) is 3. The molecule has 0 N–H and O–H groups in total. The van der Waals surface area contributed by atoms with Crippen LogP contribution in [0.4, 0.5) is 5.69 Å². The maximum atomic E-state index is 12.6. The Hall–Kier alpha value is -1.66. The summed E-state index contributed by atoms with van der Waals surface area (Å²) in [4.78, 5) is 27.1. The molecule has 1 saturated heterocycles. The van der Waals surface area contributed by atoms with Gasteiger partial charge in [-0.15, -0.1) is 0 Å². The van der Waals surface area contributed by atoms with Gasteiger partial charge in [0.25, 0.3) is 11.6 Å². The molecule has 0 atom stereocenters. The van der Waals surface area contributed by atoms with Crippen LogP contribution >= 0.6 is 11.6 Å². The predicted octanol–water partition coefficient (Wildman–Crippen LogP) is 2.66. The Morgan fingerprint density at radius 2 is 1.95 bits per heavy atom. The number of hydrogen-bond acceptors (Lipinski definition) is 4. The fraction of sp³-hybridized carbons (Fsp3) is 0.533. The third-order valence-electron chi connectivity index (χ3n) is 3.67. The minimum absolute atomic E-state index is 0.0646. The molecule has 0 radical (unpaired) electrons. The number of hydrogen-bond donors (Lipinski definition) is 0. The molecule has 0 bridgehead atoms. The number of halogens is 1. The fourth-order valence-electron chi connectivity index (χ4n) is 2.66. The number of rotatable bonds is 4.